The first-order chi connectivity index (χ1) is 8.20. The molecule has 1 N–H and O–H groups in total. The highest BCUT2D eigenvalue weighted by Crippen LogP contribution is 2.13. The average Bonchev–Trinajstić information content (AvgIpc) is 2.35. The van der Waals surface area contributed by atoms with Crippen molar-refractivity contribution in [2.45, 2.75) is 19.9 Å². The molecule has 0 radical (unpaired) electrons. The van der Waals surface area contributed by atoms with Crippen molar-refractivity contribution < 1.29 is 0 Å². The van der Waals surface area contributed by atoms with Crippen molar-refractivity contribution in [3.63, 3.8) is 0 Å². The van der Waals surface area contributed by atoms with E-state index in [1.807, 2.05) is 24.3 Å². The fraction of sp³-hybridized carbons (Fsp3) is 0.286. The van der Waals surface area contributed by atoms with Crippen LogP contribution in [0.3, 0.4) is 0 Å². The molecule has 1 aromatic carbocycles. The van der Waals surface area contributed by atoms with Gasteiger partial charge in [0.1, 0.15) is 0 Å². The number of nitrogens with zero attached hydrogens (tertiary/aromatic N) is 2. The average molecular weight is 225 g/mol. The zero-order valence-corrected chi connectivity index (χ0v) is 10.0. The first-order valence-electron chi connectivity index (χ1n) is 5.65. The van der Waals surface area contributed by atoms with Crippen molar-refractivity contribution in [3.8, 4) is 12.3 Å². The van der Waals surface area contributed by atoms with Gasteiger partial charge in [0, 0.05) is 11.6 Å². The fourth-order valence-corrected chi connectivity index (χ4v) is 1.58. The van der Waals surface area contributed by atoms with Gasteiger partial charge >= 0.3 is 0 Å². The maximum Gasteiger partial charge on any atom is 0.224 e. The summed E-state index contributed by atoms with van der Waals surface area (Å²) in [4.78, 5) is 8.69. The van der Waals surface area contributed by atoms with Gasteiger partial charge in [0.15, 0.2) is 0 Å². The van der Waals surface area contributed by atoms with Crippen LogP contribution in [0.4, 0.5) is 5.95 Å². The first-order valence-corrected chi connectivity index (χ1v) is 5.65. The van der Waals surface area contributed by atoms with Crippen LogP contribution >= 0.6 is 0 Å². The van der Waals surface area contributed by atoms with E-state index >= 15 is 0 Å². The summed E-state index contributed by atoms with van der Waals surface area (Å²) in [5, 5.41) is 4.19. The third kappa shape index (κ3) is 2.54. The second-order valence-electron chi connectivity index (χ2n) is 4.29. The molecule has 3 heteroatoms. The summed E-state index contributed by atoms with van der Waals surface area (Å²) in [7, 11) is 0. The molecule has 2 aromatic rings. The largest absolute Gasteiger partial charge is 0.340 e. The number of hydrogen-bond acceptors (Lipinski definition) is 3. The Balaban J connectivity index is 2.28. The maximum absolute atomic E-state index is 5.47. The van der Waals surface area contributed by atoms with Crippen molar-refractivity contribution in [3.05, 3.63) is 30.5 Å². The Morgan fingerprint density at radius 1 is 1.29 bits per heavy atom. The Labute approximate surface area is 101 Å². The van der Waals surface area contributed by atoms with Gasteiger partial charge in [-0.05, 0) is 12.0 Å². The standard InChI is InChI=1S/C14H15N3/c1-4-12(10(2)3)16-14-15-9-11-7-5-6-8-13(11)17-14/h1,5-10,12H,2-3H3,(H,15,16,17). The van der Waals surface area contributed by atoms with Gasteiger partial charge in [0.05, 0.1) is 11.6 Å². The van der Waals surface area contributed by atoms with Crippen molar-refractivity contribution in [1.82, 2.24) is 9.97 Å². The molecule has 86 valence electrons. The van der Waals surface area contributed by atoms with E-state index in [2.05, 4.69) is 35.1 Å². The molecular weight excluding hydrogens is 210 g/mol. The van der Waals surface area contributed by atoms with Gasteiger partial charge in [-0.15, -0.1) is 6.42 Å². The molecular formula is C14H15N3. The molecule has 0 fully saturated rings. The summed E-state index contributed by atoms with van der Waals surface area (Å²) in [6.07, 6.45) is 7.27. The van der Waals surface area contributed by atoms with Gasteiger partial charge in [0.25, 0.3) is 0 Å². The maximum atomic E-state index is 5.47. The molecule has 0 saturated heterocycles. The van der Waals surface area contributed by atoms with Crippen molar-refractivity contribution >= 4 is 16.9 Å². The topological polar surface area (TPSA) is 37.8 Å². The van der Waals surface area contributed by atoms with Gasteiger partial charge in [-0.1, -0.05) is 38.0 Å². The number of para-hydroxylation sites is 1. The molecule has 1 atom stereocenters. The Kier molecular flexibility index (Phi) is 3.24. The Morgan fingerprint density at radius 3 is 2.76 bits per heavy atom. The van der Waals surface area contributed by atoms with Crippen LogP contribution in [-0.2, 0) is 0 Å². The molecule has 0 aliphatic carbocycles. The molecule has 0 saturated carbocycles. The lowest BCUT2D eigenvalue weighted by Gasteiger charge is -2.16. The number of aromatic nitrogens is 2. The van der Waals surface area contributed by atoms with Gasteiger partial charge < -0.3 is 5.32 Å². The van der Waals surface area contributed by atoms with Crippen LogP contribution in [0.2, 0.25) is 0 Å². The molecule has 0 bridgehead atoms. The lowest BCUT2D eigenvalue weighted by molar-refractivity contribution is 0.610. The van der Waals surface area contributed by atoms with Crippen molar-refractivity contribution in [2.24, 2.45) is 5.92 Å². The van der Waals surface area contributed by atoms with Crippen LogP contribution in [0.15, 0.2) is 30.5 Å². The Morgan fingerprint density at radius 2 is 2.06 bits per heavy atom. The quantitative estimate of drug-likeness (QED) is 0.816. The van der Waals surface area contributed by atoms with Crippen LogP contribution in [0.25, 0.3) is 10.9 Å². The van der Waals surface area contributed by atoms with Gasteiger partial charge in [0.2, 0.25) is 5.95 Å². The highest BCUT2D eigenvalue weighted by atomic mass is 15.1. The molecule has 0 amide bonds. The number of nitrogens with one attached hydrogen (secondary N) is 1. The summed E-state index contributed by atoms with van der Waals surface area (Å²) < 4.78 is 0. The first kappa shape index (κ1) is 11.4. The number of rotatable bonds is 3. The molecule has 0 aliphatic heterocycles. The lowest BCUT2D eigenvalue weighted by atomic mass is 10.1. The minimum atomic E-state index is -0.0452. The molecule has 17 heavy (non-hydrogen) atoms. The fourth-order valence-electron chi connectivity index (χ4n) is 1.58. The summed E-state index contributed by atoms with van der Waals surface area (Å²) in [5.41, 5.74) is 0.921. The van der Waals surface area contributed by atoms with Crippen LogP contribution in [0.5, 0.6) is 0 Å². The summed E-state index contributed by atoms with van der Waals surface area (Å²) >= 11 is 0. The summed E-state index contributed by atoms with van der Waals surface area (Å²) in [5.74, 6) is 3.63. The number of terminal acetylenes is 1. The van der Waals surface area contributed by atoms with E-state index in [1.54, 1.807) is 6.20 Å². The summed E-state index contributed by atoms with van der Waals surface area (Å²) in [6, 6.07) is 7.83. The smallest absolute Gasteiger partial charge is 0.224 e. The summed E-state index contributed by atoms with van der Waals surface area (Å²) in [6.45, 7) is 4.14. The van der Waals surface area contributed by atoms with Crippen LogP contribution in [0, 0.1) is 18.3 Å². The predicted octanol–water partition coefficient (Wildman–Crippen LogP) is 2.70. The van der Waals surface area contributed by atoms with Crippen molar-refractivity contribution in [1.29, 1.82) is 0 Å². The zero-order chi connectivity index (χ0) is 12.3. The van der Waals surface area contributed by atoms with E-state index < -0.39 is 0 Å². The normalized spacial score (nSPS) is 12.4. The van der Waals surface area contributed by atoms with E-state index in [9.17, 15) is 0 Å². The van der Waals surface area contributed by atoms with E-state index in [4.69, 9.17) is 6.42 Å². The highest BCUT2D eigenvalue weighted by molar-refractivity contribution is 5.78. The third-order valence-corrected chi connectivity index (χ3v) is 2.62. The predicted molar refractivity (Wildman–Crippen MR) is 70.6 cm³/mol. The SMILES string of the molecule is C#CC(Nc1ncc2ccccc2n1)C(C)C. The highest BCUT2D eigenvalue weighted by Gasteiger charge is 2.11. The number of benzene rings is 1. The lowest BCUT2D eigenvalue weighted by Crippen LogP contribution is -2.24. The zero-order valence-electron chi connectivity index (χ0n) is 10.0. The Hall–Kier alpha value is -2.08. The van der Waals surface area contributed by atoms with Crippen LogP contribution in [-0.4, -0.2) is 16.0 Å². The van der Waals surface area contributed by atoms with Crippen molar-refractivity contribution in [2.75, 3.05) is 5.32 Å². The van der Waals surface area contributed by atoms with Gasteiger partial charge in [-0.3, -0.25) is 0 Å². The number of fused-ring (bicyclic) bond motifs is 1. The monoisotopic (exact) mass is 225 g/mol. The van der Waals surface area contributed by atoms with Crippen LogP contribution < -0.4 is 5.32 Å². The second kappa shape index (κ2) is 4.84. The molecule has 3 nitrogen and oxygen atoms in total. The number of hydrogen-bond donors (Lipinski definition) is 1. The third-order valence-electron chi connectivity index (χ3n) is 2.62. The molecule has 0 aliphatic rings. The van der Waals surface area contributed by atoms with E-state index in [1.165, 1.54) is 0 Å². The minimum absolute atomic E-state index is 0.0452. The Bertz CT molecular complexity index is 555. The second-order valence-corrected chi connectivity index (χ2v) is 4.29. The van der Waals surface area contributed by atoms with E-state index in [0.29, 0.717) is 11.9 Å². The van der Waals surface area contributed by atoms with E-state index in [-0.39, 0.29) is 6.04 Å². The van der Waals surface area contributed by atoms with Crippen LogP contribution in [0.1, 0.15) is 13.8 Å². The van der Waals surface area contributed by atoms with E-state index in [0.717, 1.165) is 10.9 Å². The van der Waals surface area contributed by atoms with Gasteiger partial charge in [-0.25, -0.2) is 9.97 Å². The molecule has 1 unspecified atom stereocenters. The number of anilines is 1. The van der Waals surface area contributed by atoms with Gasteiger partial charge in [-0.2, -0.15) is 0 Å². The molecule has 1 aromatic heterocycles. The minimum Gasteiger partial charge on any atom is -0.340 e. The molecule has 2 rings (SSSR count). The molecule has 1 heterocycles. The molecule has 0 spiro atoms.